The van der Waals surface area contributed by atoms with Gasteiger partial charge in [0.1, 0.15) is 5.39 Å². The summed E-state index contributed by atoms with van der Waals surface area (Å²) in [5, 5.41) is 32.7. The number of benzene rings is 1. The maximum Gasteiger partial charge on any atom is 0.264 e. The number of nitrogens with zero attached hydrogens (tertiary/aromatic N) is 2. The van der Waals surface area contributed by atoms with E-state index < -0.39 is 0 Å². The Labute approximate surface area is 102 Å². The molecule has 0 aliphatic rings. The molecule has 3 N–H and O–H groups in total. The van der Waals surface area contributed by atoms with Gasteiger partial charge < -0.3 is 30.7 Å². The van der Waals surface area contributed by atoms with Gasteiger partial charge in [-0.25, -0.2) is 0 Å². The molecule has 96 valence electrons. The standard InChI is InChI=1S/C10H11N3O5/c1-17-9-7(11)5-3-12(15)13(16)4-6(5)8(14)10(9)18-2/h3-4,14H,11H2,1-2H3. The molecule has 1 aromatic carbocycles. The van der Waals surface area contributed by atoms with Crippen molar-refractivity contribution < 1.29 is 24.3 Å². The summed E-state index contributed by atoms with van der Waals surface area (Å²) in [7, 11) is 2.67. The van der Waals surface area contributed by atoms with Gasteiger partial charge in [-0.1, -0.05) is 0 Å². The van der Waals surface area contributed by atoms with Crippen LogP contribution in [-0.4, -0.2) is 19.3 Å². The molecule has 0 amide bonds. The largest absolute Gasteiger partial charge is 0.561 e. The van der Waals surface area contributed by atoms with Crippen molar-refractivity contribution in [1.82, 2.24) is 0 Å². The van der Waals surface area contributed by atoms with E-state index in [1.54, 1.807) is 0 Å². The van der Waals surface area contributed by atoms with E-state index in [2.05, 4.69) is 0 Å². The van der Waals surface area contributed by atoms with E-state index in [0.717, 1.165) is 12.4 Å². The normalized spacial score (nSPS) is 10.6. The summed E-state index contributed by atoms with van der Waals surface area (Å²) in [6, 6.07) is 0. The molecule has 0 aliphatic carbocycles. The predicted molar refractivity (Wildman–Crippen MR) is 61.0 cm³/mol. The van der Waals surface area contributed by atoms with Crippen LogP contribution in [0.3, 0.4) is 0 Å². The summed E-state index contributed by atoms with van der Waals surface area (Å²) in [5.41, 5.74) is 5.92. The second kappa shape index (κ2) is 3.99. The zero-order valence-corrected chi connectivity index (χ0v) is 9.71. The molecule has 1 heterocycles. The lowest BCUT2D eigenvalue weighted by Crippen LogP contribution is -2.60. The highest BCUT2D eigenvalue weighted by atomic mass is 16.6. The number of hydrogen-bond acceptors (Lipinski definition) is 6. The van der Waals surface area contributed by atoms with Crippen LogP contribution in [-0.2, 0) is 0 Å². The lowest BCUT2D eigenvalue weighted by Gasteiger charge is -2.13. The van der Waals surface area contributed by atoms with Crippen LogP contribution in [0.15, 0.2) is 12.4 Å². The number of aromatic hydroxyl groups is 1. The molecule has 1 aromatic heterocycles. The molecule has 0 aliphatic heterocycles. The van der Waals surface area contributed by atoms with E-state index in [-0.39, 0.29) is 43.4 Å². The van der Waals surface area contributed by atoms with Crippen molar-refractivity contribution in [2.75, 3.05) is 20.0 Å². The van der Waals surface area contributed by atoms with E-state index in [4.69, 9.17) is 15.2 Å². The van der Waals surface area contributed by atoms with Gasteiger partial charge in [0.2, 0.25) is 5.75 Å². The van der Waals surface area contributed by atoms with E-state index >= 15 is 0 Å². The summed E-state index contributed by atoms with van der Waals surface area (Å²) in [5.74, 6) is -0.207. The summed E-state index contributed by atoms with van der Waals surface area (Å²) in [6.45, 7) is 0. The first kappa shape index (κ1) is 11.8. The maximum atomic E-state index is 11.2. The fraction of sp³-hybridized carbons (Fsp3) is 0.200. The number of nitrogen functional groups attached to an aromatic ring is 1. The van der Waals surface area contributed by atoms with Crippen molar-refractivity contribution in [2.45, 2.75) is 0 Å². The van der Waals surface area contributed by atoms with Gasteiger partial charge in [-0.3, -0.25) is 0 Å². The monoisotopic (exact) mass is 253 g/mol. The van der Waals surface area contributed by atoms with Gasteiger partial charge >= 0.3 is 0 Å². The van der Waals surface area contributed by atoms with Gasteiger partial charge in [0, 0.05) is 0 Å². The molecule has 0 saturated carbocycles. The minimum Gasteiger partial charge on any atom is -0.561 e. The molecular weight excluding hydrogens is 242 g/mol. The molecular formula is C10H11N3O5. The summed E-state index contributed by atoms with van der Waals surface area (Å²) in [6.07, 6.45) is 1.87. The number of hydrogen-bond donors (Lipinski definition) is 2. The molecule has 2 aromatic rings. The quantitative estimate of drug-likeness (QED) is 0.319. The van der Waals surface area contributed by atoms with Crippen molar-refractivity contribution in [2.24, 2.45) is 0 Å². The minimum absolute atomic E-state index is 0.00569. The first-order chi connectivity index (χ1) is 8.51. The summed E-state index contributed by atoms with van der Waals surface area (Å²) >= 11 is 0. The molecule has 8 heteroatoms. The zero-order chi connectivity index (χ0) is 13.4. The fourth-order valence-electron chi connectivity index (χ4n) is 1.74. The molecule has 0 unspecified atom stereocenters. The number of rotatable bonds is 2. The highest BCUT2D eigenvalue weighted by Crippen LogP contribution is 2.46. The van der Waals surface area contributed by atoms with Crippen LogP contribution < -0.4 is 24.9 Å². The Morgan fingerprint density at radius 2 is 1.56 bits per heavy atom. The minimum atomic E-state index is -0.316. The van der Waals surface area contributed by atoms with Gasteiger partial charge in [-0.05, 0) is 0 Å². The van der Waals surface area contributed by atoms with Crippen LogP contribution in [0.25, 0.3) is 10.8 Å². The van der Waals surface area contributed by atoms with Gasteiger partial charge in [0.15, 0.2) is 11.5 Å². The predicted octanol–water partition coefficient (Wildman–Crippen LogP) is -0.588. The molecule has 2 rings (SSSR count). The third kappa shape index (κ3) is 1.46. The van der Waals surface area contributed by atoms with Gasteiger partial charge in [-0.15, -0.1) is 0 Å². The van der Waals surface area contributed by atoms with Crippen molar-refractivity contribution >= 4 is 16.5 Å². The average molecular weight is 253 g/mol. The fourth-order valence-corrected chi connectivity index (χ4v) is 1.74. The number of nitrogens with two attached hydrogens (primary N) is 1. The lowest BCUT2D eigenvalue weighted by molar-refractivity contribution is -1.19. The number of methoxy groups -OCH3 is 2. The molecule has 8 nitrogen and oxygen atoms in total. The molecule has 18 heavy (non-hydrogen) atoms. The number of anilines is 1. The average Bonchev–Trinajstić information content (AvgIpc) is 2.35. The molecule has 0 fully saturated rings. The smallest absolute Gasteiger partial charge is 0.264 e. The zero-order valence-electron chi connectivity index (χ0n) is 9.71. The summed E-state index contributed by atoms with van der Waals surface area (Å²) in [4.78, 5) is 0.0669. The second-order valence-electron chi connectivity index (χ2n) is 3.52. The number of phenols is 1. The number of aromatic nitrogens is 2. The molecule has 0 bridgehead atoms. The first-order valence-corrected chi connectivity index (χ1v) is 4.90. The van der Waals surface area contributed by atoms with Crippen LogP contribution in [0.4, 0.5) is 5.69 Å². The van der Waals surface area contributed by atoms with E-state index in [9.17, 15) is 15.5 Å². The van der Waals surface area contributed by atoms with Gasteiger partial charge in [0.25, 0.3) is 12.4 Å². The van der Waals surface area contributed by atoms with Crippen LogP contribution in [0, 0.1) is 10.4 Å². The number of phenolic OH excluding ortho intramolecular Hbond substituents is 1. The Hall–Kier alpha value is -2.64. The SMILES string of the molecule is COc1c(OC)c(O)c2c[n+]([O-])[n+]([O-])cc2c1N. The number of ether oxygens (including phenoxy) is 2. The molecule has 0 atom stereocenters. The van der Waals surface area contributed by atoms with Crippen LogP contribution >= 0.6 is 0 Å². The van der Waals surface area contributed by atoms with E-state index in [1.807, 2.05) is 0 Å². The molecule has 0 saturated heterocycles. The van der Waals surface area contributed by atoms with E-state index in [1.165, 1.54) is 14.2 Å². The molecule has 0 radical (unpaired) electrons. The highest BCUT2D eigenvalue weighted by Gasteiger charge is 2.24. The van der Waals surface area contributed by atoms with Crippen molar-refractivity contribution in [1.29, 1.82) is 0 Å². The topological polar surface area (TPSA) is 119 Å². The Morgan fingerprint density at radius 3 is 2.06 bits per heavy atom. The second-order valence-corrected chi connectivity index (χ2v) is 3.52. The van der Waals surface area contributed by atoms with Crippen LogP contribution in [0.5, 0.6) is 17.2 Å². The third-order valence-electron chi connectivity index (χ3n) is 2.58. The first-order valence-electron chi connectivity index (χ1n) is 4.90. The third-order valence-corrected chi connectivity index (χ3v) is 2.58. The van der Waals surface area contributed by atoms with Gasteiger partial charge in [-0.2, -0.15) is 0 Å². The Morgan fingerprint density at radius 1 is 1.06 bits per heavy atom. The van der Waals surface area contributed by atoms with Crippen molar-refractivity contribution in [3.63, 3.8) is 0 Å². The number of fused-ring (bicyclic) bond motifs is 1. The molecule has 0 spiro atoms. The van der Waals surface area contributed by atoms with Crippen LogP contribution in [0.2, 0.25) is 0 Å². The summed E-state index contributed by atoms with van der Waals surface area (Å²) < 4.78 is 9.99. The van der Waals surface area contributed by atoms with E-state index in [0.29, 0.717) is 0 Å². The Balaban J connectivity index is 2.97. The maximum absolute atomic E-state index is 11.2. The van der Waals surface area contributed by atoms with Crippen molar-refractivity contribution in [3.05, 3.63) is 22.8 Å². The van der Waals surface area contributed by atoms with Crippen molar-refractivity contribution in [3.8, 4) is 17.2 Å². The Bertz CT molecular complexity index is 574. The lowest BCUT2D eigenvalue weighted by atomic mass is 10.1. The van der Waals surface area contributed by atoms with Crippen LogP contribution in [0.1, 0.15) is 0 Å². The highest BCUT2D eigenvalue weighted by molar-refractivity contribution is 6.01. The Kier molecular flexibility index (Phi) is 2.62. The van der Waals surface area contributed by atoms with Gasteiger partial charge in [0.05, 0.1) is 35.0 Å².